The van der Waals surface area contributed by atoms with Crippen LogP contribution in [0, 0.1) is 27.7 Å². The van der Waals surface area contributed by atoms with Gasteiger partial charge in [-0.15, -0.1) is 22.7 Å². The number of rotatable bonds is 4. The molecule has 0 radical (unpaired) electrons. The number of nitrogens with zero attached hydrogens (tertiary/aromatic N) is 1. The molecule has 4 aromatic rings. The second-order valence-electron chi connectivity index (χ2n) is 6.77. The summed E-state index contributed by atoms with van der Waals surface area (Å²) in [5.74, 6) is 0.369. The van der Waals surface area contributed by atoms with E-state index in [1.807, 2.05) is 30.3 Å². The average Bonchev–Trinajstić information content (AvgIpc) is 3.24. The lowest BCUT2D eigenvalue weighted by atomic mass is 10.1. The van der Waals surface area contributed by atoms with E-state index in [1.165, 1.54) is 19.5 Å². The van der Waals surface area contributed by atoms with Crippen molar-refractivity contribution in [3.05, 3.63) is 78.1 Å². The van der Waals surface area contributed by atoms with Crippen LogP contribution in [0.3, 0.4) is 0 Å². The molecule has 27 heavy (non-hydrogen) atoms. The molecule has 4 rings (SSSR count). The molecule has 138 valence electrons. The lowest BCUT2D eigenvalue weighted by molar-refractivity contribution is 0.497. The highest BCUT2D eigenvalue weighted by molar-refractivity contribution is 7.12. The van der Waals surface area contributed by atoms with Crippen LogP contribution < -0.4 is 5.76 Å². The number of aromatic nitrogens is 1. The SMILES string of the molecule is Cc1cc(-c2oc(=O)n(Cc3ccccc3)c2-c2cc(C)sc2C)c(C)s1. The number of oxazole rings is 1. The Hall–Kier alpha value is -2.37. The first-order chi connectivity index (χ1) is 12.9. The number of benzene rings is 1. The minimum absolute atomic E-state index is 0.310. The topological polar surface area (TPSA) is 35.1 Å². The van der Waals surface area contributed by atoms with E-state index in [0.29, 0.717) is 12.3 Å². The summed E-state index contributed by atoms with van der Waals surface area (Å²) < 4.78 is 7.61. The van der Waals surface area contributed by atoms with Crippen molar-refractivity contribution in [1.29, 1.82) is 0 Å². The fraction of sp³-hybridized carbons (Fsp3) is 0.227. The summed E-state index contributed by atoms with van der Waals surface area (Å²) >= 11 is 3.47. The Bertz CT molecular complexity index is 1160. The maximum Gasteiger partial charge on any atom is 0.420 e. The van der Waals surface area contributed by atoms with Gasteiger partial charge in [-0.2, -0.15) is 0 Å². The van der Waals surface area contributed by atoms with E-state index in [0.717, 1.165) is 22.4 Å². The van der Waals surface area contributed by atoms with Crippen LogP contribution in [0.25, 0.3) is 22.6 Å². The zero-order valence-corrected chi connectivity index (χ0v) is 17.5. The quantitative estimate of drug-likeness (QED) is 0.413. The Morgan fingerprint density at radius 2 is 1.48 bits per heavy atom. The lowest BCUT2D eigenvalue weighted by Crippen LogP contribution is -2.16. The Labute approximate surface area is 166 Å². The summed E-state index contributed by atoms with van der Waals surface area (Å²) in [6.07, 6.45) is 0. The van der Waals surface area contributed by atoms with Crippen molar-refractivity contribution in [2.24, 2.45) is 0 Å². The first-order valence-electron chi connectivity index (χ1n) is 8.86. The molecule has 0 aliphatic rings. The first kappa shape index (κ1) is 18.0. The zero-order chi connectivity index (χ0) is 19.1. The fourth-order valence-electron chi connectivity index (χ4n) is 3.49. The van der Waals surface area contributed by atoms with Crippen LogP contribution in [-0.4, -0.2) is 4.57 Å². The molecule has 0 atom stereocenters. The van der Waals surface area contributed by atoms with Gasteiger partial charge >= 0.3 is 5.76 Å². The summed E-state index contributed by atoms with van der Waals surface area (Å²) in [4.78, 5) is 17.7. The van der Waals surface area contributed by atoms with Crippen LogP contribution in [0.5, 0.6) is 0 Å². The van der Waals surface area contributed by atoms with Gasteiger partial charge in [0.05, 0.1) is 12.2 Å². The molecule has 0 bridgehead atoms. The third kappa shape index (κ3) is 3.33. The van der Waals surface area contributed by atoms with Crippen LogP contribution in [0.4, 0.5) is 0 Å². The summed E-state index contributed by atoms with van der Waals surface area (Å²) in [6, 6.07) is 14.3. The lowest BCUT2D eigenvalue weighted by Gasteiger charge is -2.08. The van der Waals surface area contributed by atoms with Gasteiger partial charge in [0, 0.05) is 30.6 Å². The molecule has 0 spiro atoms. The third-order valence-electron chi connectivity index (χ3n) is 4.66. The zero-order valence-electron chi connectivity index (χ0n) is 15.8. The van der Waals surface area contributed by atoms with Gasteiger partial charge in [0.25, 0.3) is 0 Å². The molecule has 5 heteroatoms. The minimum atomic E-state index is -0.310. The molecule has 0 N–H and O–H groups in total. The summed E-state index contributed by atoms with van der Waals surface area (Å²) in [5, 5.41) is 0. The van der Waals surface area contributed by atoms with Crippen molar-refractivity contribution in [1.82, 2.24) is 4.57 Å². The van der Waals surface area contributed by atoms with Crippen LogP contribution >= 0.6 is 22.7 Å². The Kier molecular flexibility index (Phi) is 4.66. The van der Waals surface area contributed by atoms with Crippen molar-refractivity contribution in [3.63, 3.8) is 0 Å². The normalized spacial score (nSPS) is 11.3. The van der Waals surface area contributed by atoms with E-state index >= 15 is 0 Å². The average molecular weight is 396 g/mol. The van der Waals surface area contributed by atoms with Gasteiger partial charge in [0.15, 0.2) is 5.76 Å². The Morgan fingerprint density at radius 1 is 0.889 bits per heavy atom. The number of thiophene rings is 2. The monoisotopic (exact) mass is 395 g/mol. The third-order valence-corrected chi connectivity index (χ3v) is 6.59. The van der Waals surface area contributed by atoms with E-state index in [4.69, 9.17) is 4.42 Å². The number of aryl methyl sites for hydroxylation is 4. The van der Waals surface area contributed by atoms with Crippen LogP contribution in [0.15, 0.2) is 51.7 Å². The van der Waals surface area contributed by atoms with Crippen molar-refractivity contribution in [3.8, 4) is 22.6 Å². The molecule has 3 nitrogen and oxygen atoms in total. The van der Waals surface area contributed by atoms with Crippen molar-refractivity contribution >= 4 is 22.7 Å². The van der Waals surface area contributed by atoms with E-state index < -0.39 is 0 Å². The summed E-state index contributed by atoms with van der Waals surface area (Å²) in [6.45, 7) is 8.86. The van der Waals surface area contributed by atoms with E-state index in [9.17, 15) is 4.79 Å². The minimum Gasteiger partial charge on any atom is -0.407 e. The maximum absolute atomic E-state index is 12.9. The van der Waals surface area contributed by atoms with Gasteiger partial charge < -0.3 is 4.42 Å². The highest BCUT2D eigenvalue weighted by atomic mass is 32.1. The van der Waals surface area contributed by atoms with Gasteiger partial charge in [0.1, 0.15) is 0 Å². The maximum atomic E-state index is 12.9. The predicted molar refractivity (Wildman–Crippen MR) is 114 cm³/mol. The van der Waals surface area contributed by atoms with Gasteiger partial charge in [-0.25, -0.2) is 4.79 Å². The van der Waals surface area contributed by atoms with Gasteiger partial charge in [0.2, 0.25) is 0 Å². The first-order valence-corrected chi connectivity index (χ1v) is 10.5. The molecule has 0 fully saturated rings. The molecular weight excluding hydrogens is 374 g/mol. The van der Waals surface area contributed by atoms with Crippen molar-refractivity contribution < 1.29 is 4.42 Å². The van der Waals surface area contributed by atoms with Gasteiger partial charge in [-0.1, -0.05) is 30.3 Å². The fourth-order valence-corrected chi connectivity index (χ4v) is 5.33. The van der Waals surface area contributed by atoms with Gasteiger partial charge in [-0.3, -0.25) is 4.57 Å². The van der Waals surface area contributed by atoms with E-state index in [1.54, 1.807) is 27.2 Å². The second-order valence-corrected chi connectivity index (χ2v) is 9.69. The standard InChI is InChI=1S/C22H21NO2S2/c1-13-10-18(15(3)26-13)20-21(19-11-14(2)27-16(19)4)25-22(24)23(20)12-17-8-6-5-7-9-17/h5-11H,12H2,1-4H3. The summed E-state index contributed by atoms with van der Waals surface area (Å²) in [5.41, 5.74) is 4.06. The molecule has 0 aliphatic heterocycles. The molecule has 0 saturated heterocycles. The van der Waals surface area contributed by atoms with Crippen molar-refractivity contribution in [2.75, 3.05) is 0 Å². The highest BCUT2D eigenvalue weighted by Crippen LogP contribution is 2.40. The van der Waals surface area contributed by atoms with Crippen molar-refractivity contribution in [2.45, 2.75) is 34.2 Å². The van der Waals surface area contributed by atoms with Crippen LogP contribution in [0.1, 0.15) is 25.1 Å². The summed E-state index contributed by atoms with van der Waals surface area (Å²) in [7, 11) is 0. The molecule has 1 aromatic carbocycles. The second kappa shape index (κ2) is 6.98. The Morgan fingerprint density at radius 3 is 2.04 bits per heavy atom. The van der Waals surface area contributed by atoms with E-state index in [-0.39, 0.29) is 5.76 Å². The molecular formula is C22H21NO2S2. The smallest absolute Gasteiger partial charge is 0.407 e. The Balaban J connectivity index is 1.98. The van der Waals surface area contributed by atoms with Crippen LogP contribution in [0.2, 0.25) is 0 Å². The van der Waals surface area contributed by atoms with Crippen LogP contribution in [-0.2, 0) is 6.54 Å². The molecule has 0 unspecified atom stereocenters. The number of hydrogen-bond acceptors (Lipinski definition) is 4. The van der Waals surface area contributed by atoms with E-state index in [2.05, 4.69) is 39.8 Å². The molecule has 0 amide bonds. The number of hydrogen-bond donors (Lipinski definition) is 0. The van der Waals surface area contributed by atoms with Gasteiger partial charge in [-0.05, 0) is 45.4 Å². The molecule has 0 saturated carbocycles. The predicted octanol–water partition coefficient (Wildman–Crippen LogP) is 6.18. The molecule has 3 heterocycles. The molecule has 3 aromatic heterocycles. The highest BCUT2D eigenvalue weighted by Gasteiger charge is 2.24. The molecule has 0 aliphatic carbocycles. The largest absolute Gasteiger partial charge is 0.420 e.